The average Bonchev–Trinajstić information content (AvgIpc) is 3.06. The molecular formula is C16H21ClN2O5S2. The molecule has 1 aromatic rings. The van der Waals surface area contributed by atoms with Gasteiger partial charge in [-0.1, -0.05) is 24.9 Å². The maximum atomic E-state index is 13.6. The van der Waals surface area contributed by atoms with Crippen LogP contribution in [0.4, 0.5) is 0 Å². The Morgan fingerprint density at radius 1 is 1.23 bits per heavy atom. The van der Waals surface area contributed by atoms with E-state index in [2.05, 4.69) is 5.32 Å². The molecule has 144 valence electrons. The minimum absolute atomic E-state index is 0.0155. The molecule has 26 heavy (non-hydrogen) atoms. The van der Waals surface area contributed by atoms with Gasteiger partial charge in [0.15, 0.2) is 4.87 Å². The lowest BCUT2D eigenvalue weighted by atomic mass is 9.95. The molecule has 3 atom stereocenters. The predicted octanol–water partition coefficient (Wildman–Crippen LogP) is 1.39. The van der Waals surface area contributed by atoms with E-state index in [9.17, 15) is 21.6 Å². The predicted molar refractivity (Wildman–Crippen MR) is 97.9 cm³/mol. The van der Waals surface area contributed by atoms with Gasteiger partial charge in [0.05, 0.1) is 23.1 Å². The zero-order valence-corrected chi connectivity index (χ0v) is 16.9. The van der Waals surface area contributed by atoms with Crippen molar-refractivity contribution in [3.63, 3.8) is 0 Å². The number of nitrogens with zero attached hydrogens (tertiary/aromatic N) is 1. The molecule has 2 saturated heterocycles. The van der Waals surface area contributed by atoms with E-state index in [1.807, 2.05) is 6.92 Å². The van der Waals surface area contributed by atoms with Crippen LogP contribution in [0.1, 0.15) is 26.2 Å². The van der Waals surface area contributed by atoms with Gasteiger partial charge in [-0.3, -0.25) is 4.79 Å². The molecular weight excluding hydrogens is 400 g/mol. The smallest absolute Gasteiger partial charge is 0.242 e. The average molecular weight is 421 g/mol. The van der Waals surface area contributed by atoms with Crippen molar-refractivity contribution in [1.29, 1.82) is 0 Å². The molecule has 2 aliphatic heterocycles. The van der Waals surface area contributed by atoms with Gasteiger partial charge in [0.2, 0.25) is 25.8 Å². The molecule has 0 aliphatic carbocycles. The van der Waals surface area contributed by atoms with Crippen molar-refractivity contribution in [3.05, 3.63) is 29.3 Å². The molecule has 1 N–H and O–H groups in total. The first-order chi connectivity index (χ1) is 12.1. The van der Waals surface area contributed by atoms with Crippen molar-refractivity contribution >= 4 is 37.4 Å². The summed E-state index contributed by atoms with van der Waals surface area (Å²) in [7, 11) is -8.24. The molecule has 3 unspecified atom stereocenters. The summed E-state index contributed by atoms with van der Waals surface area (Å²) in [5, 5.41) is 3.45. The van der Waals surface area contributed by atoms with Crippen LogP contribution >= 0.6 is 11.6 Å². The molecule has 2 heterocycles. The van der Waals surface area contributed by atoms with Crippen molar-refractivity contribution in [1.82, 2.24) is 9.62 Å². The maximum Gasteiger partial charge on any atom is 0.242 e. The Morgan fingerprint density at radius 3 is 2.38 bits per heavy atom. The first-order valence-electron chi connectivity index (χ1n) is 8.35. The van der Waals surface area contributed by atoms with E-state index in [0.29, 0.717) is 28.7 Å². The fourth-order valence-electron chi connectivity index (χ4n) is 4.16. The van der Waals surface area contributed by atoms with Gasteiger partial charge < -0.3 is 5.32 Å². The van der Waals surface area contributed by atoms with Crippen LogP contribution in [-0.2, 0) is 24.7 Å². The molecule has 0 radical (unpaired) electrons. The lowest BCUT2D eigenvalue weighted by molar-refractivity contribution is -0.128. The van der Waals surface area contributed by atoms with E-state index in [1.54, 1.807) is 0 Å². The van der Waals surface area contributed by atoms with Crippen LogP contribution in [0, 0.1) is 5.92 Å². The zero-order chi connectivity index (χ0) is 19.3. The van der Waals surface area contributed by atoms with E-state index in [-0.39, 0.29) is 11.3 Å². The second-order valence-corrected chi connectivity index (χ2v) is 11.2. The number of fused-ring (bicyclic) bond motifs is 1. The van der Waals surface area contributed by atoms with Gasteiger partial charge >= 0.3 is 0 Å². The number of nitrogens with one attached hydrogen (secondary N) is 1. The minimum Gasteiger partial charge on any atom is -0.310 e. The summed E-state index contributed by atoms with van der Waals surface area (Å²) >= 11 is 5.85. The van der Waals surface area contributed by atoms with Crippen molar-refractivity contribution in [2.24, 2.45) is 5.92 Å². The molecule has 1 aromatic carbocycles. The molecule has 0 saturated carbocycles. The fraction of sp³-hybridized carbons (Fsp3) is 0.562. The molecule has 0 bridgehead atoms. The minimum atomic E-state index is -4.17. The Bertz CT molecular complexity index is 930. The monoisotopic (exact) mass is 420 g/mol. The summed E-state index contributed by atoms with van der Waals surface area (Å²) < 4.78 is 52.7. The van der Waals surface area contributed by atoms with Crippen LogP contribution in [0.25, 0.3) is 0 Å². The summed E-state index contributed by atoms with van der Waals surface area (Å²) in [5.41, 5.74) is 0. The molecule has 0 aromatic heterocycles. The standard InChI is InChI=1S/C16H21ClN2O5S2/c1-3-4-13-14-16(9-10-18-14,19(15(13)20)25(2,21)22)26(23,24)12-7-5-11(17)6-8-12/h5-8,13-14,18H,3-4,9-10H2,1-2H3. The Kier molecular flexibility index (Phi) is 4.88. The third-order valence-corrected chi connectivity index (χ3v) is 9.12. The Labute approximate surface area is 158 Å². The maximum absolute atomic E-state index is 13.6. The van der Waals surface area contributed by atoms with Gasteiger partial charge in [-0.2, -0.15) is 0 Å². The number of carbonyl (C=O) groups is 1. The van der Waals surface area contributed by atoms with Crippen molar-refractivity contribution < 1.29 is 21.6 Å². The number of carbonyl (C=O) groups excluding carboxylic acids is 1. The molecule has 2 fully saturated rings. The number of sulfone groups is 1. The zero-order valence-electron chi connectivity index (χ0n) is 14.5. The van der Waals surface area contributed by atoms with Crippen LogP contribution in [0.2, 0.25) is 5.02 Å². The SMILES string of the molecule is CCCC1C(=O)N(S(C)(=O)=O)C2(S(=O)(=O)c3ccc(Cl)cc3)CCNC12. The fourth-order valence-corrected chi connectivity index (χ4v) is 8.38. The second kappa shape index (κ2) is 6.47. The molecule has 0 spiro atoms. The summed E-state index contributed by atoms with van der Waals surface area (Å²) in [4.78, 5) is 11.0. The third-order valence-electron chi connectivity index (χ3n) is 5.12. The molecule has 7 nitrogen and oxygen atoms in total. The third kappa shape index (κ3) is 2.67. The Balaban J connectivity index is 2.26. The first kappa shape index (κ1) is 19.6. The number of hydrogen-bond donors (Lipinski definition) is 1. The van der Waals surface area contributed by atoms with Crippen LogP contribution in [0.3, 0.4) is 0 Å². The topological polar surface area (TPSA) is 101 Å². The van der Waals surface area contributed by atoms with Crippen LogP contribution < -0.4 is 5.32 Å². The number of hydrogen-bond acceptors (Lipinski definition) is 6. The van der Waals surface area contributed by atoms with Crippen LogP contribution in [-0.4, -0.2) is 50.8 Å². The van der Waals surface area contributed by atoms with Crippen LogP contribution in [0.15, 0.2) is 29.2 Å². The summed E-state index contributed by atoms with van der Waals surface area (Å²) in [5.74, 6) is -1.34. The highest BCUT2D eigenvalue weighted by Gasteiger charge is 2.70. The summed E-state index contributed by atoms with van der Waals surface area (Å²) in [6.45, 7) is 2.19. The number of benzene rings is 1. The Morgan fingerprint density at radius 2 is 1.85 bits per heavy atom. The molecule has 1 amide bonds. The van der Waals surface area contributed by atoms with Crippen molar-refractivity contribution in [3.8, 4) is 0 Å². The lowest BCUT2D eigenvalue weighted by Gasteiger charge is -2.35. The molecule has 3 rings (SSSR count). The summed E-state index contributed by atoms with van der Waals surface area (Å²) in [6.07, 6.45) is 1.96. The second-order valence-electron chi connectivity index (χ2n) is 6.74. The van der Waals surface area contributed by atoms with E-state index in [0.717, 1.165) is 6.26 Å². The van der Waals surface area contributed by atoms with Crippen molar-refractivity contribution in [2.75, 3.05) is 12.8 Å². The molecule has 10 heteroatoms. The first-order valence-corrected chi connectivity index (χ1v) is 12.1. The van der Waals surface area contributed by atoms with E-state index in [1.165, 1.54) is 24.3 Å². The highest BCUT2D eigenvalue weighted by atomic mass is 35.5. The Hall–Kier alpha value is -1.16. The van der Waals surface area contributed by atoms with Crippen LogP contribution in [0.5, 0.6) is 0 Å². The number of rotatable bonds is 5. The normalized spacial score (nSPS) is 29.2. The number of sulfonamides is 1. The van der Waals surface area contributed by atoms with Gasteiger partial charge in [-0.25, -0.2) is 21.1 Å². The number of halogens is 1. The van der Waals surface area contributed by atoms with E-state index >= 15 is 0 Å². The van der Waals surface area contributed by atoms with Gasteiger partial charge in [0.25, 0.3) is 0 Å². The van der Waals surface area contributed by atoms with Gasteiger partial charge in [0, 0.05) is 11.4 Å². The quantitative estimate of drug-likeness (QED) is 0.772. The summed E-state index contributed by atoms with van der Waals surface area (Å²) in [6, 6.07) is 4.80. The van der Waals surface area contributed by atoms with E-state index in [4.69, 9.17) is 11.6 Å². The van der Waals surface area contributed by atoms with Crippen molar-refractivity contribution in [2.45, 2.75) is 42.0 Å². The van der Waals surface area contributed by atoms with Gasteiger partial charge in [-0.15, -0.1) is 0 Å². The largest absolute Gasteiger partial charge is 0.310 e. The van der Waals surface area contributed by atoms with E-state index < -0.39 is 42.6 Å². The number of amides is 1. The lowest BCUT2D eigenvalue weighted by Crippen LogP contribution is -2.57. The van der Waals surface area contributed by atoms with Gasteiger partial charge in [-0.05, 0) is 37.2 Å². The highest BCUT2D eigenvalue weighted by Crippen LogP contribution is 2.49. The highest BCUT2D eigenvalue weighted by molar-refractivity contribution is 7.95. The molecule has 2 aliphatic rings. The van der Waals surface area contributed by atoms with Gasteiger partial charge in [0.1, 0.15) is 0 Å².